The second-order valence-corrected chi connectivity index (χ2v) is 4.96. The van der Waals surface area contributed by atoms with Gasteiger partial charge in [0.15, 0.2) is 0 Å². The van der Waals surface area contributed by atoms with Crippen molar-refractivity contribution in [3.8, 4) is 0 Å². The van der Waals surface area contributed by atoms with Crippen LogP contribution in [0.4, 0.5) is 0 Å². The van der Waals surface area contributed by atoms with Gasteiger partial charge in [0.1, 0.15) is 0 Å². The zero-order chi connectivity index (χ0) is 11.1. The number of nitrogens with zero attached hydrogens (tertiary/aromatic N) is 1. The molecule has 0 bridgehead atoms. The smallest absolute Gasteiger partial charge is 0.0193 e. The van der Waals surface area contributed by atoms with E-state index >= 15 is 0 Å². The monoisotopic (exact) mass is 212 g/mol. The van der Waals surface area contributed by atoms with Crippen LogP contribution in [0.3, 0.4) is 0 Å². The molecule has 0 unspecified atom stereocenters. The van der Waals surface area contributed by atoms with E-state index in [2.05, 4.69) is 31.0 Å². The van der Waals surface area contributed by atoms with Crippen LogP contribution >= 0.6 is 0 Å². The molecular weight excluding hydrogens is 184 g/mol. The molecule has 0 aromatic carbocycles. The van der Waals surface area contributed by atoms with Crippen LogP contribution < -0.4 is 5.32 Å². The van der Waals surface area contributed by atoms with E-state index in [4.69, 9.17) is 0 Å². The van der Waals surface area contributed by atoms with Crippen molar-refractivity contribution < 1.29 is 0 Å². The van der Waals surface area contributed by atoms with Gasteiger partial charge < -0.3 is 5.32 Å². The largest absolute Gasteiger partial charge is 0.314 e. The molecule has 90 valence electrons. The van der Waals surface area contributed by atoms with Gasteiger partial charge in [0.05, 0.1) is 0 Å². The molecule has 2 atom stereocenters. The lowest BCUT2D eigenvalue weighted by molar-refractivity contribution is 0.142. The summed E-state index contributed by atoms with van der Waals surface area (Å²) in [5.74, 6) is 0.922. The predicted octanol–water partition coefficient (Wildman–Crippen LogP) is 2.50. The lowest BCUT2D eigenvalue weighted by Crippen LogP contribution is -2.51. The van der Waals surface area contributed by atoms with Gasteiger partial charge >= 0.3 is 0 Å². The molecule has 0 saturated carbocycles. The highest BCUT2D eigenvalue weighted by Gasteiger charge is 2.20. The Morgan fingerprint density at radius 1 is 1.40 bits per heavy atom. The second-order valence-electron chi connectivity index (χ2n) is 4.96. The van der Waals surface area contributed by atoms with E-state index in [1.54, 1.807) is 0 Å². The lowest BCUT2D eigenvalue weighted by atomic mass is 9.98. The molecule has 1 saturated heterocycles. The first-order valence-corrected chi connectivity index (χ1v) is 6.72. The summed E-state index contributed by atoms with van der Waals surface area (Å²) in [6.07, 6.45) is 5.51. The maximum atomic E-state index is 3.46. The van der Waals surface area contributed by atoms with Crippen molar-refractivity contribution in [3.63, 3.8) is 0 Å². The molecule has 1 fully saturated rings. The van der Waals surface area contributed by atoms with Gasteiger partial charge in [-0.15, -0.1) is 0 Å². The Kier molecular flexibility index (Phi) is 6.26. The molecule has 2 nitrogen and oxygen atoms in total. The third-order valence-electron chi connectivity index (χ3n) is 3.67. The summed E-state index contributed by atoms with van der Waals surface area (Å²) in [6.45, 7) is 11.9. The molecular formula is C13H28N2. The quantitative estimate of drug-likeness (QED) is 0.728. The number of nitrogens with one attached hydrogen (secondary N) is 1. The SMILES string of the molecule is CCCC[C@@H](CC)CN1CCNC[C@H]1C. The molecule has 0 aromatic rings. The van der Waals surface area contributed by atoms with Crippen LogP contribution in [0, 0.1) is 5.92 Å². The predicted molar refractivity (Wildman–Crippen MR) is 67.2 cm³/mol. The molecule has 0 aliphatic carbocycles. The molecule has 15 heavy (non-hydrogen) atoms. The first-order valence-electron chi connectivity index (χ1n) is 6.72. The van der Waals surface area contributed by atoms with Crippen LogP contribution in [-0.4, -0.2) is 37.1 Å². The third kappa shape index (κ3) is 4.52. The zero-order valence-electron chi connectivity index (χ0n) is 10.8. The van der Waals surface area contributed by atoms with Crippen LogP contribution in [0.25, 0.3) is 0 Å². The molecule has 1 heterocycles. The fraction of sp³-hybridized carbons (Fsp3) is 1.00. The fourth-order valence-electron chi connectivity index (χ4n) is 2.40. The molecule has 1 aliphatic rings. The Bertz CT molecular complexity index is 159. The van der Waals surface area contributed by atoms with Gasteiger partial charge in [-0.25, -0.2) is 0 Å². The van der Waals surface area contributed by atoms with Gasteiger partial charge in [-0.05, 0) is 19.3 Å². The summed E-state index contributed by atoms with van der Waals surface area (Å²) >= 11 is 0. The fourth-order valence-corrected chi connectivity index (χ4v) is 2.40. The summed E-state index contributed by atoms with van der Waals surface area (Å²) in [4.78, 5) is 2.67. The average Bonchev–Trinajstić information content (AvgIpc) is 2.26. The number of rotatable bonds is 6. The normalized spacial score (nSPS) is 25.4. The Labute approximate surface area is 95.4 Å². The molecule has 1 rings (SSSR count). The lowest BCUT2D eigenvalue weighted by Gasteiger charge is -2.36. The Balaban J connectivity index is 2.29. The highest BCUT2D eigenvalue weighted by Crippen LogP contribution is 2.16. The summed E-state index contributed by atoms with van der Waals surface area (Å²) in [7, 11) is 0. The summed E-state index contributed by atoms with van der Waals surface area (Å²) < 4.78 is 0. The van der Waals surface area contributed by atoms with Crippen LogP contribution in [0.15, 0.2) is 0 Å². The van der Waals surface area contributed by atoms with Crippen LogP contribution in [0.1, 0.15) is 46.5 Å². The van der Waals surface area contributed by atoms with E-state index in [1.165, 1.54) is 51.9 Å². The van der Waals surface area contributed by atoms with Crippen molar-refractivity contribution >= 4 is 0 Å². The van der Waals surface area contributed by atoms with E-state index in [9.17, 15) is 0 Å². The average molecular weight is 212 g/mol. The number of hydrogen-bond acceptors (Lipinski definition) is 2. The van der Waals surface area contributed by atoms with Gasteiger partial charge in [-0.1, -0.05) is 33.1 Å². The highest BCUT2D eigenvalue weighted by molar-refractivity contribution is 4.77. The first-order chi connectivity index (χ1) is 7.27. The third-order valence-corrected chi connectivity index (χ3v) is 3.67. The molecule has 0 aromatic heterocycles. The van der Waals surface area contributed by atoms with E-state index in [0.717, 1.165) is 12.0 Å². The van der Waals surface area contributed by atoms with Crippen molar-refractivity contribution in [3.05, 3.63) is 0 Å². The number of unbranched alkanes of at least 4 members (excludes halogenated alkanes) is 1. The Morgan fingerprint density at radius 2 is 2.20 bits per heavy atom. The zero-order valence-corrected chi connectivity index (χ0v) is 10.8. The molecule has 2 heteroatoms. The van der Waals surface area contributed by atoms with Gasteiger partial charge in [-0.2, -0.15) is 0 Å². The Hall–Kier alpha value is -0.0800. The first kappa shape index (κ1) is 13.0. The minimum atomic E-state index is 0.731. The molecule has 0 radical (unpaired) electrons. The molecule has 0 spiro atoms. The van der Waals surface area contributed by atoms with Crippen molar-refractivity contribution in [2.24, 2.45) is 5.92 Å². The minimum Gasteiger partial charge on any atom is -0.314 e. The van der Waals surface area contributed by atoms with E-state index in [-0.39, 0.29) is 0 Å². The van der Waals surface area contributed by atoms with Gasteiger partial charge in [0.25, 0.3) is 0 Å². The highest BCUT2D eigenvalue weighted by atomic mass is 15.2. The topological polar surface area (TPSA) is 15.3 Å². The summed E-state index contributed by atoms with van der Waals surface area (Å²) in [5, 5.41) is 3.46. The van der Waals surface area contributed by atoms with Crippen molar-refractivity contribution in [2.45, 2.75) is 52.5 Å². The van der Waals surface area contributed by atoms with Crippen molar-refractivity contribution in [1.82, 2.24) is 10.2 Å². The second kappa shape index (κ2) is 7.24. The van der Waals surface area contributed by atoms with E-state index in [0.29, 0.717) is 0 Å². The number of hydrogen-bond donors (Lipinski definition) is 1. The summed E-state index contributed by atoms with van der Waals surface area (Å²) in [5.41, 5.74) is 0. The number of piperazine rings is 1. The molecule has 1 aliphatic heterocycles. The van der Waals surface area contributed by atoms with E-state index < -0.39 is 0 Å². The van der Waals surface area contributed by atoms with Gasteiger partial charge in [-0.3, -0.25) is 4.90 Å². The van der Waals surface area contributed by atoms with Crippen LogP contribution in [0.5, 0.6) is 0 Å². The van der Waals surface area contributed by atoms with E-state index in [1.807, 2.05) is 0 Å². The summed E-state index contributed by atoms with van der Waals surface area (Å²) in [6, 6.07) is 0.731. The molecule has 1 N–H and O–H groups in total. The van der Waals surface area contributed by atoms with Crippen LogP contribution in [-0.2, 0) is 0 Å². The van der Waals surface area contributed by atoms with Crippen molar-refractivity contribution in [2.75, 3.05) is 26.2 Å². The van der Waals surface area contributed by atoms with Crippen LogP contribution in [0.2, 0.25) is 0 Å². The maximum absolute atomic E-state index is 3.46. The standard InChI is InChI=1S/C13H28N2/c1-4-6-7-13(5-2)11-15-9-8-14-10-12(15)3/h12-14H,4-11H2,1-3H3/t12-,13-/m1/s1. The van der Waals surface area contributed by atoms with Gasteiger partial charge in [0, 0.05) is 32.2 Å². The molecule has 0 amide bonds. The Morgan fingerprint density at radius 3 is 2.80 bits per heavy atom. The van der Waals surface area contributed by atoms with Crippen molar-refractivity contribution in [1.29, 1.82) is 0 Å². The van der Waals surface area contributed by atoms with Gasteiger partial charge in [0.2, 0.25) is 0 Å². The maximum Gasteiger partial charge on any atom is 0.0193 e. The minimum absolute atomic E-state index is 0.731.